The van der Waals surface area contributed by atoms with Gasteiger partial charge in [0.2, 0.25) is 0 Å². The minimum atomic E-state index is -1.02. The number of ether oxygens (including phenoxy) is 2. The fourth-order valence-electron chi connectivity index (χ4n) is 1.97. The highest BCUT2D eigenvalue weighted by Crippen LogP contribution is 2.35. The molecule has 1 aliphatic rings. The highest BCUT2D eigenvalue weighted by Gasteiger charge is 2.27. The van der Waals surface area contributed by atoms with Gasteiger partial charge in [0.05, 0.1) is 18.7 Å². The summed E-state index contributed by atoms with van der Waals surface area (Å²) in [5.74, 6) is 0.438. The first-order valence-electron chi connectivity index (χ1n) is 6.50. The molecule has 1 aliphatic carbocycles. The lowest BCUT2D eigenvalue weighted by Gasteiger charge is -2.11. The van der Waals surface area contributed by atoms with Gasteiger partial charge < -0.3 is 14.6 Å². The highest BCUT2D eigenvalue weighted by atomic mass is 16.5. The van der Waals surface area contributed by atoms with Crippen molar-refractivity contribution in [3.63, 3.8) is 0 Å². The van der Waals surface area contributed by atoms with Gasteiger partial charge in [-0.05, 0) is 41.5 Å². The van der Waals surface area contributed by atoms with E-state index in [0.717, 1.165) is 12.8 Å². The van der Waals surface area contributed by atoms with E-state index < -0.39 is 5.97 Å². The number of aromatic carboxylic acids is 1. The van der Waals surface area contributed by atoms with E-state index in [1.165, 1.54) is 19.2 Å². The molecule has 1 heterocycles. The van der Waals surface area contributed by atoms with Gasteiger partial charge in [-0.15, -0.1) is 5.10 Å². The first-order chi connectivity index (χ1) is 10.2. The number of nitrogens with zero attached hydrogens (tertiary/aromatic N) is 4. The molecule has 0 atom stereocenters. The third-order valence-electron chi connectivity index (χ3n) is 3.22. The van der Waals surface area contributed by atoms with Crippen LogP contribution in [0.1, 0.15) is 35.1 Å². The Kier molecular flexibility index (Phi) is 3.43. The molecular weight excluding hydrogens is 276 g/mol. The molecule has 1 N–H and O–H groups in total. The molecular formula is C13H14N4O4. The van der Waals surface area contributed by atoms with E-state index in [1.54, 1.807) is 10.7 Å². The first-order valence-corrected chi connectivity index (χ1v) is 6.50. The van der Waals surface area contributed by atoms with Crippen LogP contribution in [0.5, 0.6) is 11.5 Å². The summed E-state index contributed by atoms with van der Waals surface area (Å²) in [4.78, 5) is 10.9. The van der Waals surface area contributed by atoms with Gasteiger partial charge in [0.15, 0.2) is 17.3 Å². The minimum Gasteiger partial charge on any atom is -0.493 e. The quantitative estimate of drug-likeness (QED) is 0.855. The molecule has 21 heavy (non-hydrogen) atoms. The molecule has 0 saturated heterocycles. The average molecular weight is 290 g/mol. The Bertz CT molecular complexity index is 666. The van der Waals surface area contributed by atoms with E-state index in [2.05, 4.69) is 15.5 Å². The fourth-order valence-corrected chi connectivity index (χ4v) is 1.97. The number of carbonyl (C=O) groups is 1. The number of hydrogen-bond acceptors (Lipinski definition) is 6. The molecule has 0 unspecified atom stereocenters. The lowest BCUT2D eigenvalue weighted by atomic mass is 10.2. The molecule has 1 saturated carbocycles. The predicted molar refractivity (Wildman–Crippen MR) is 70.4 cm³/mol. The average Bonchev–Trinajstić information content (AvgIpc) is 3.23. The van der Waals surface area contributed by atoms with Gasteiger partial charge in [-0.1, -0.05) is 0 Å². The van der Waals surface area contributed by atoms with Crippen LogP contribution in [0.25, 0.3) is 0 Å². The van der Waals surface area contributed by atoms with Crippen LogP contribution in [0, 0.1) is 0 Å². The van der Waals surface area contributed by atoms with Crippen LogP contribution in [0.4, 0.5) is 0 Å². The summed E-state index contributed by atoms with van der Waals surface area (Å²) in [6.45, 7) is 0.201. The van der Waals surface area contributed by atoms with Crippen molar-refractivity contribution < 1.29 is 19.4 Å². The van der Waals surface area contributed by atoms with Crippen molar-refractivity contribution >= 4 is 5.97 Å². The number of rotatable bonds is 6. The van der Waals surface area contributed by atoms with Crippen LogP contribution in [0.15, 0.2) is 18.2 Å². The maximum Gasteiger partial charge on any atom is 0.335 e. The molecule has 0 radical (unpaired) electrons. The van der Waals surface area contributed by atoms with Crippen molar-refractivity contribution in [1.29, 1.82) is 0 Å². The Labute approximate surface area is 120 Å². The van der Waals surface area contributed by atoms with Crippen molar-refractivity contribution in [2.75, 3.05) is 7.11 Å². The molecule has 110 valence electrons. The van der Waals surface area contributed by atoms with Crippen molar-refractivity contribution in [2.24, 2.45) is 0 Å². The molecule has 0 spiro atoms. The molecule has 3 rings (SSSR count). The van der Waals surface area contributed by atoms with Crippen molar-refractivity contribution in [3.05, 3.63) is 29.6 Å². The Balaban J connectivity index is 1.75. The molecule has 0 bridgehead atoms. The summed E-state index contributed by atoms with van der Waals surface area (Å²) >= 11 is 0. The van der Waals surface area contributed by atoms with Crippen LogP contribution in [-0.4, -0.2) is 38.4 Å². The van der Waals surface area contributed by atoms with Crippen molar-refractivity contribution in [1.82, 2.24) is 20.2 Å². The van der Waals surface area contributed by atoms with Gasteiger partial charge >= 0.3 is 5.97 Å². The Morgan fingerprint density at radius 2 is 2.24 bits per heavy atom. The number of hydrogen-bond donors (Lipinski definition) is 1. The molecule has 8 heteroatoms. The number of methoxy groups -OCH3 is 1. The predicted octanol–water partition coefficient (Wildman–Crippen LogP) is 1.29. The van der Waals surface area contributed by atoms with Crippen LogP contribution in [0.3, 0.4) is 0 Å². The summed E-state index contributed by atoms with van der Waals surface area (Å²) < 4.78 is 12.6. The Hall–Kier alpha value is -2.64. The second-order valence-corrected chi connectivity index (χ2v) is 4.73. The number of benzene rings is 1. The molecule has 8 nitrogen and oxygen atoms in total. The van der Waals surface area contributed by atoms with E-state index >= 15 is 0 Å². The Morgan fingerprint density at radius 3 is 2.90 bits per heavy atom. The standard InChI is InChI=1S/C13H14N4O4/c1-20-11-6-8(13(18)19)2-5-10(11)21-7-12-14-15-16-17(12)9-3-4-9/h2,5-6,9H,3-4,7H2,1H3,(H,18,19). The summed E-state index contributed by atoms with van der Waals surface area (Å²) in [7, 11) is 1.46. The first kappa shape index (κ1) is 13.3. The maximum absolute atomic E-state index is 10.9. The molecule has 2 aromatic rings. The van der Waals surface area contributed by atoms with E-state index in [1.807, 2.05) is 0 Å². The third kappa shape index (κ3) is 2.78. The van der Waals surface area contributed by atoms with Crippen LogP contribution in [0.2, 0.25) is 0 Å². The monoisotopic (exact) mass is 290 g/mol. The number of carboxylic acids is 1. The molecule has 1 fully saturated rings. The SMILES string of the molecule is COc1cc(C(=O)O)ccc1OCc1nnnn1C1CC1. The summed E-state index contributed by atoms with van der Waals surface area (Å²) in [6.07, 6.45) is 2.16. The van der Waals surface area contributed by atoms with Gasteiger partial charge in [0, 0.05) is 0 Å². The van der Waals surface area contributed by atoms with Crippen molar-refractivity contribution in [2.45, 2.75) is 25.5 Å². The topological polar surface area (TPSA) is 99.4 Å². The normalized spacial score (nSPS) is 14.0. The van der Waals surface area contributed by atoms with Gasteiger partial charge in [-0.3, -0.25) is 0 Å². The smallest absolute Gasteiger partial charge is 0.335 e. The zero-order valence-electron chi connectivity index (χ0n) is 11.4. The van der Waals surface area contributed by atoms with Crippen LogP contribution >= 0.6 is 0 Å². The molecule has 0 aliphatic heterocycles. The van der Waals surface area contributed by atoms with E-state index in [4.69, 9.17) is 14.6 Å². The Morgan fingerprint density at radius 1 is 1.43 bits per heavy atom. The highest BCUT2D eigenvalue weighted by molar-refractivity contribution is 5.88. The lowest BCUT2D eigenvalue weighted by molar-refractivity contribution is 0.0696. The summed E-state index contributed by atoms with van der Waals surface area (Å²) in [5, 5.41) is 20.5. The largest absolute Gasteiger partial charge is 0.493 e. The zero-order valence-corrected chi connectivity index (χ0v) is 11.4. The second-order valence-electron chi connectivity index (χ2n) is 4.73. The van der Waals surface area contributed by atoms with Gasteiger partial charge in [0.1, 0.15) is 6.61 Å². The summed E-state index contributed by atoms with van der Waals surface area (Å²) in [5.41, 5.74) is 0.141. The lowest BCUT2D eigenvalue weighted by Crippen LogP contribution is -2.08. The van der Waals surface area contributed by atoms with Crippen molar-refractivity contribution in [3.8, 4) is 11.5 Å². The van der Waals surface area contributed by atoms with E-state index in [-0.39, 0.29) is 12.2 Å². The molecule has 1 aromatic carbocycles. The summed E-state index contributed by atoms with van der Waals surface area (Å²) in [6, 6.07) is 4.81. The number of tetrazole rings is 1. The third-order valence-corrected chi connectivity index (χ3v) is 3.22. The number of carboxylic acid groups (broad SMARTS) is 1. The van der Waals surface area contributed by atoms with Crippen LogP contribution in [-0.2, 0) is 6.61 Å². The minimum absolute atomic E-state index is 0.141. The second kappa shape index (κ2) is 5.39. The van der Waals surface area contributed by atoms with E-state index in [0.29, 0.717) is 23.4 Å². The van der Waals surface area contributed by atoms with Gasteiger partial charge in [0.25, 0.3) is 0 Å². The zero-order chi connectivity index (χ0) is 14.8. The molecule has 1 aromatic heterocycles. The molecule has 0 amide bonds. The number of aromatic nitrogens is 4. The van der Waals surface area contributed by atoms with Crippen LogP contribution < -0.4 is 9.47 Å². The van der Waals surface area contributed by atoms with Gasteiger partial charge in [-0.2, -0.15) is 0 Å². The van der Waals surface area contributed by atoms with E-state index in [9.17, 15) is 4.79 Å². The fraction of sp³-hybridized carbons (Fsp3) is 0.385. The maximum atomic E-state index is 10.9. The van der Waals surface area contributed by atoms with Gasteiger partial charge in [-0.25, -0.2) is 9.48 Å².